The third kappa shape index (κ3) is 1.74. The van der Waals surface area contributed by atoms with Crippen LogP contribution in [0.1, 0.15) is 15.9 Å². The number of hydrogen-bond acceptors (Lipinski definition) is 4. The first kappa shape index (κ1) is 10.2. The van der Waals surface area contributed by atoms with Crippen molar-refractivity contribution in [3.05, 3.63) is 23.3 Å². The summed E-state index contributed by atoms with van der Waals surface area (Å²) in [4.78, 5) is 21.3. The zero-order valence-corrected chi connectivity index (χ0v) is 7.90. The predicted octanol–water partition coefficient (Wildman–Crippen LogP) is 1.09. The molecule has 0 bridgehead atoms. The second-order valence-corrected chi connectivity index (χ2v) is 2.83. The fraction of sp³-hybridized carbons (Fsp3) is 0.200. The molecular weight excluding hydrogens is 184 g/mol. The van der Waals surface area contributed by atoms with E-state index in [9.17, 15) is 14.7 Å². The van der Waals surface area contributed by atoms with Crippen LogP contribution in [0.5, 0.6) is 11.5 Å². The molecule has 4 heteroatoms. The van der Waals surface area contributed by atoms with E-state index in [1.807, 2.05) is 0 Å². The maximum absolute atomic E-state index is 11.0. The molecule has 0 aromatic heterocycles. The van der Waals surface area contributed by atoms with Crippen LogP contribution in [-0.4, -0.2) is 24.3 Å². The number of ether oxygens (including phenoxy) is 1. The number of ketones is 1. The number of aromatic hydroxyl groups is 1. The Morgan fingerprint density at radius 3 is 2.64 bits per heavy atom. The second-order valence-electron chi connectivity index (χ2n) is 2.83. The summed E-state index contributed by atoms with van der Waals surface area (Å²) in [6, 6.07) is 2.77. The Labute approximate surface area is 81.1 Å². The van der Waals surface area contributed by atoms with Crippen molar-refractivity contribution in [2.24, 2.45) is 0 Å². The third-order valence-electron chi connectivity index (χ3n) is 1.88. The first-order valence-electron chi connectivity index (χ1n) is 3.97. The Morgan fingerprint density at radius 1 is 1.50 bits per heavy atom. The molecule has 74 valence electrons. The van der Waals surface area contributed by atoms with Gasteiger partial charge in [-0.25, -0.2) is 0 Å². The van der Waals surface area contributed by atoms with Crippen LogP contribution in [0.4, 0.5) is 0 Å². The minimum absolute atomic E-state index is 0.0186. The average molecular weight is 194 g/mol. The summed E-state index contributed by atoms with van der Waals surface area (Å²) >= 11 is 0. The Kier molecular flexibility index (Phi) is 2.86. The molecule has 0 atom stereocenters. The van der Waals surface area contributed by atoms with Gasteiger partial charge >= 0.3 is 0 Å². The molecule has 0 aliphatic rings. The number of rotatable bonds is 3. The lowest BCUT2D eigenvalue weighted by Gasteiger charge is -2.07. The molecule has 14 heavy (non-hydrogen) atoms. The minimum Gasteiger partial charge on any atom is -0.504 e. The van der Waals surface area contributed by atoms with Crippen LogP contribution in [-0.2, 0) is 4.79 Å². The lowest BCUT2D eigenvalue weighted by Crippen LogP contribution is -2.01. The number of hydrogen-bond donors (Lipinski definition) is 1. The van der Waals surface area contributed by atoms with Gasteiger partial charge in [0.1, 0.15) is 0 Å². The largest absolute Gasteiger partial charge is 0.504 e. The van der Waals surface area contributed by atoms with Gasteiger partial charge in [-0.1, -0.05) is 0 Å². The smallest absolute Gasteiger partial charge is 0.225 e. The summed E-state index contributed by atoms with van der Waals surface area (Å²) in [6.07, 6.45) is 0.227. The van der Waals surface area contributed by atoms with Crippen LogP contribution in [0.15, 0.2) is 12.1 Å². The summed E-state index contributed by atoms with van der Waals surface area (Å²) in [6.45, 7) is 1.62. The van der Waals surface area contributed by atoms with E-state index in [0.717, 1.165) is 0 Å². The summed E-state index contributed by atoms with van der Waals surface area (Å²) in [5, 5.41) is 9.45. The quantitative estimate of drug-likeness (QED) is 0.444. The van der Waals surface area contributed by atoms with Crippen molar-refractivity contribution >= 4 is 12.1 Å². The van der Waals surface area contributed by atoms with Crippen molar-refractivity contribution in [3.63, 3.8) is 0 Å². The first-order chi connectivity index (χ1) is 6.60. The van der Waals surface area contributed by atoms with Gasteiger partial charge in [-0.15, -0.1) is 0 Å². The molecule has 0 aliphatic heterocycles. The van der Waals surface area contributed by atoms with E-state index in [0.29, 0.717) is 5.56 Å². The fourth-order valence-corrected chi connectivity index (χ4v) is 1.11. The molecular formula is C10H10O4. The van der Waals surface area contributed by atoms with Gasteiger partial charge in [0.25, 0.3) is 0 Å². The lowest BCUT2D eigenvalue weighted by molar-refractivity contribution is -0.104. The monoisotopic (exact) mass is 194 g/mol. The maximum Gasteiger partial charge on any atom is 0.225 e. The number of phenols is 1. The van der Waals surface area contributed by atoms with Crippen LogP contribution in [0.3, 0.4) is 0 Å². The molecule has 0 saturated heterocycles. The first-order valence-corrected chi connectivity index (χ1v) is 3.97. The van der Waals surface area contributed by atoms with Gasteiger partial charge in [0.15, 0.2) is 17.8 Å². The van der Waals surface area contributed by atoms with Gasteiger partial charge in [-0.3, -0.25) is 9.59 Å². The summed E-state index contributed by atoms with van der Waals surface area (Å²) in [5.41, 5.74) is 0.710. The summed E-state index contributed by atoms with van der Waals surface area (Å²) < 4.78 is 4.84. The third-order valence-corrected chi connectivity index (χ3v) is 1.88. The van der Waals surface area contributed by atoms with Crippen molar-refractivity contribution in [2.45, 2.75) is 6.92 Å². The number of carbonyl (C=O) groups excluding carboxylic acids is 2. The number of methoxy groups -OCH3 is 1. The molecule has 1 aromatic carbocycles. The Bertz CT molecular complexity index is 382. The van der Waals surface area contributed by atoms with Gasteiger partial charge < -0.3 is 9.84 Å². The van der Waals surface area contributed by atoms with Crippen molar-refractivity contribution in [3.8, 4) is 11.5 Å². The molecule has 0 unspecified atom stereocenters. The molecule has 0 amide bonds. The van der Waals surface area contributed by atoms with E-state index >= 15 is 0 Å². The molecule has 0 spiro atoms. The van der Waals surface area contributed by atoms with E-state index in [2.05, 4.69) is 0 Å². The number of aryl methyl sites for hydroxylation is 1. The number of carbonyl (C=O) groups is 2. The van der Waals surface area contributed by atoms with Gasteiger partial charge in [0.2, 0.25) is 5.78 Å². The van der Waals surface area contributed by atoms with Gasteiger partial charge in [-0.05, 0) is 24.6 Å². The SMILES string of the molecule is COc1cc(C(=O)C=O)cc(C)c1O. The van der Waals surface area contributed by atoms with Crippen molar-refractivity contribution in [2.75, 3.05) is 7.11 Å². The molecule has 4 nitrogen and oxygen atoms in total. The number of aldehydes is 1. The Balaban J connectivity index is 3.29. The summed E-state index contributed by atoms with van der Waals surface area (Å²) in [5.74, 6) is -0.462. The van der Waals surface area contributed by atoms with Crippen molar-refractivity contribution in [1.29, 1.82) is 0 Å². The number of phenolic OH excluding ortho intramolecular Hbond substituents is 1. The number of Topliss-reactive ketones (excluding diaryl/α,β-unsaturated/α-hetero) is 1. The predicted molar refractivity (Wildman–Crippen MR) is 49.8 cm³/mol. The molecule has 0 fully saturated rings. The highest BCUT2D eigenvalue weighted by Crippen LogP contribution is 2.30. The average Bonchev–Trinajstić information content (AvgIpc) is 2.20. The van der Waals surface area contributed by atoms with Crippen LogP contribution in [0.25, 0.3) is 0 Å². The molecule has 1 N–H and O–H groups in total. The standard InChI is InChI=1S/C10H10O4/c1-6-3-7(8(12)5-11)4-9(14-2)10(6)13/h3-5,13H,1-2H3. The maximum atomic E-state index is 11.0. The fourth-order valence-electron chi connectivity index (χ4n) is 1.11. The van der Waals surface area contributed by atoms with Crippen LogP contribution < -0.4 is 4.74 Å². The molecule has 0 heterocycles. The van der Waals surface area contributed by atoms with E-state index < -0.39 is 5.78 Å². The molecule has 1 aromatic rings. The van der Waals surface area contributed by atoms with Crippen LogP contribution in [0.2, 0.25) is 0 Å². The number of benzene rings is 1. The van der Waals surface area contributed by atoms with E-state index in [1.165, 1.54) is 19.2 Å². The van der Waals surface area contributed by atoms with Crippen LogP contribution in [0, 0.1) is 6.92 Å². The van der Waals surface area contributed by atoms with E-state index in [1.54, 1.807) is 6.92 Å². The topological polar surface area (TPSA) is 63.6 Å². The van der Waals surface area contributed by atoms with Crippen molar-refractivity contribution < 1.29 is 19.4 Å². The summed E-state index contributed by atoms with van der Waals surface area (Å²) in [7, 11) is 1.38. The highest BCUT2D eigenvalue weighted by molar-refractivity contribution is 6.33. The highest BCUT2D eigenvalue weighted by atomic mass is 16.5. The Hall–Kier alpha value is -1.84. The highest BCUT2D eigenvalue weighted by Gasteiger charge is 2.11. The zero-order valence-electron chi connectivity index (χ0n) is 7.90. The molecule has 0 saturated carbocycles. The van der Waals surface area contributed by atoms with Crippen LogP contribution >= 0.6 is 0 Å². The lowest BCUT2D eigenvalue weighted by atomic mass is 10.1. The van der Waals surface area contributed by atoms with Gasteiger partial charge in [0, 0.05) is 5.56 Å². The van der Waals surface area contributed by atoms with Gasteiger partial charge in [-0.2, -0.15) is 0 Å². The Morgan fingerprint density at radius 2 is 2.14 bits per heavy atom. The zero-order chi connectivity index (χ0) is 10.7. The minimum atomic E-state index is -0.633. The normalized spacial score (nSPS) is 9.57. The van der Waals surface area contributed by atoms with Crippen molar-refractivity contribution in [1.82, 2.24) is 0 Å². The molecule has 1 rings (SSSR count). The second kappa shape index (κ2) is 3.91. The molecule has 0 aliphatic carbocycles. The van der Waals surface area contributed by atoms with E-state index in [4.69, 9.17) is 4.74 Å². The molecule has 0 radical (unpaired) electrons. The van der Waals surface area contributed by atoms with Gasteiger partial charge in [0.05, 0.1) is 7.11 Å². The van der Waals surface area contributed by atoms with E-state index in [-0.39, 0.29) is 23.3 Å².